The van der Waals surface area contributed by atoms with Gasteiger partial charge < -0.3 is 30.3 Å². The molecule has 4 amide bonds. The van der Waals surface area contributed by atoms with E-state index in [9.17, 15) is 19.5 Å². The van der Waals surface area contributed by atoms with Crippen molar-refractivity contribution in [2.24, 2.45) is 11.8 Å². The van der Waals surface area contributed by atoms with E-state index in [1.807, 2.05) is 37.3 Å². The molecule has 1 fully saturated rings. The van der Waals surface area contributed by atoms with Crippen LogP contribution < -0.4 is 15.4 Å². The van der Waals surface area contributed by atoms with Gasteiger partial charge in [0.1, 0.15) is 6.10 Å². The van der Waals surface area contributed by atoms with Crippen LogP contribution in [-0.2, 0) is 4.79 Å². The summed E-state index contributed by atoms with van der Waals surface area (Å²) in [4.78, 5) is 43.0. The Hall–Kier alpha value is -3.59. The number of fused-ring (bicyclic) bond motifs is 1. The van der Waals surface area contributed by atoms with E-state index in [-0.39, 0.29) is 42.8 Å². The van der Waals surface area contributed by atoms with Gasteiger partial charge in [-0.05, 0) is 44.0 Å². The number of rotatable bonds is 7. The zero-order chi connectivity index (χ0) is 27.9. The van der Waals surface area contributed by atoms with Crippen LogP contribution in [0.3, 0.4) is 0 Å². The van der Waals surface area contributed by atoms with Crippen LogP contribution in [0.15, 0.2) is 48.5 Å². The maximum atomic E-state index is 13.7. The lowest BCUT2D eigenvalue weighted by molar-refractivity contribution is -0.120. The van der Waals surface area contributed by atoms with Gasteiger partial charge >= 0.3 is 6.03 Å². The Kier molecular flexibility index (Phi) is 9.45. The average molecular weight is 537 g/mol. The lowest BCUT2D eigenvalue weighted by atomic mass is 9.88. The second-order valence-corrected chi connectivity index (χ2v) is 10.8. The summed E-state index contributed by atoms with van der Waals surface area (Å²) in [6.07, 6.45) is 4.43. The van der Waals surface area contributed by atoms with Gasteiger partial charge in [0.2, 0.25) is 5.91 Å². The minimum absolute atomic E-state index is 0.0627. The molecule has 4 rings (SSSR count). The monoisotopic (exact) mass is 536 g/mol. The standard InChI is InChI=1S/C30H40N4O5/c1-20-17-34(21(2)19-35)29(37)24-15-10-16-25(32-28(36)22-11-6-4-7-12-22)27(24)39-26(20)18-33(3)30(38)31-23-13-8-5-9-14-23/h5,8-10,13-16,20-22,26,35H,4,6-7,11-12,17-19H2,1-3H3,(H,31,38)(H,32,36)/t20-,21-,26-/m0/s1. The highest BCUT2D eigenvalue weighted by Gasteiger charge is 2.35. The fraction of sp³-hybridized carbons (Fsp3) is 0.500. The van der Waals surface area contributed by atoms with Crippen molar-refractivity contribution in [2.45, 2.75) is 58.1 Å². The Morgan fingerprint density at radius 1 is 1.08 bits per heavy atom. The number of benzene rings is 2. The Balaban J connectivity index is 1.62. The Morgan fingerprint density at radius 2 is 1.79 bits per heavy atom. The molecule has 0 spiro atoms. The van der Waals surface area contributed by atoms with Crippen LogP contribution in [0.5, 0.6) is 5.75 Å². The van der Waals surface area contributed by atoms with Crippen molar-refractivity contribution in [3.8, 4) is 5.75 Å². The van der Waals surface area contributed by atoms with E-state index in [1.165, 1.54) is 0 Å². The highest BCUT2D eigenvalue weighted by molar-refractivity contribution is 6.02. The van der Waals surface area contributed by atoms with Gasteiger partial charge in [0, 0.05) is 31.1 Å². The molecule has 39 heavy (non-hydrogen) atoms. The number of likely N-dealkylation sites (N-methyl/N-ethyl adjacent to an activating group) is 1. The molecular formula is C30H40N4O5. The van der Waals surface area contributed by atoms with E-state index in [4.69, 9.17) is 4.74 Å². The van der Waals surface area contributed by atoms with Gasteiger partial charge in [0.05, 0.1) is 30.4 Å². The Labute approximate surface area is 230 Å². The number of amides is 4. The second kappa shape index (κ2) is 13.0. The summed E-state index contributed by atoms with van der Waals surface area (Å²) in [5.74, 6) is -0.265. The smallest absolute Gasteiger partial charge is 0.321 e. The lowest BCUT2D eigenvalue weighted by Gasteiger charge is -2.38. The van der Waals surface area contributed by atoms with E-state index < -0.39 is 12.1 Å². The first-order chi connectivity index (χ1) is 18.8. The van der Waals surface area contributed by atoms with Gasteiger partial charge in [-0.1, -0.05) is 50.5 Å². The maximum Gasteiger partial charge on any atom is 0.321 e. The summed E-state index contributed by atoms with van der Waals surface area (Å²) >= 11 is 0. The lowest BCUT2D eigenvalue weighted by Crippen LogP contribution is -2.50. The molecule has 9 heteroatoms. The first-order valence-corrected chi connectivity index (χ1v) is 13.9. The zero-order valence-electron chi connectivity index (χ0n) is 23.1. The summed E-state index contributed by atoms with van der Waals surface area (Å²) in [7, 11) is 1.70. The van der Waals surface area contributed by atoms with E-state index in [2.05, 4.69) is 10.6 Å². The van der Waals surface area contributed by atoms with E-state index in [1.54, 1.807) is 42.0 Å². The number of aliphatic hydroxyl groups excluding tert-OH is 1. The average Bonchev–Trinajstić information content (AvgIpc) is 2.95. The van der Waals surface area contributed by atoms with E-state index in [0.29, 0.717) is 29.2 Å². The summed E-state index contributed by atoms with van der Waals surface area (Å²) in [6.45, 7) is 4.18. The van der Waals surface area contributed by atoms with Crippen LogP contribution in [0.2, 0.25) is 0 Å². The first kappa shape index (κ1) is 28.4. The topological polar surface area (TPSA) is 111 Å². The van der Waals surface area contributed by atoms with Crippen molar-refractivity contribution >= 4 is 29.2 Å². The minimum atomic E-state index is -0.482. The highest BCUT2D eigenvalue weighted by Crippen LogP contribution is 2.36. The van der Waals surface area contributed by atoms with E-state index in [0.717, 1.165) is 32.1 Å². The molecule has 210 valence electrons. The molecule has 3 N–H and O–H groups in total. The molecule has 0 unspecified atom stereocenters. The van der Waals surface area contributed by atoms with Crippen molar-refractivity contribution in [3.63, 3.8) is 0 Å². The molecular weight excluding hydrogens is 496 g/mol. The number of aliphatic hydroxyl groups is 1. The molecule has 2 aromatic rings. The minimum Gasteiger partial charge on any atom is -0.485 e. The van der Waals surface area contributed by atoms with Gasteiger partial charge in [-0.15, -0.1) is 0 Å². The van der Waals surface area contributed by atoms with Crippen LogP contribution in [0.1, 0.15) is 56.3 Å². The van der Waals surface area contributed by atoms with Crippen molar-refractivity contribution in [1.29, 1.82) is 0 Å². The Bertz CT molecular complexity index is 1150. The number of nitrogens with zero attached hydrogens (tertiary/aromatic N) is 2. The summed E-state index contributed by atoms with van der Waals surface area (Å²) < 4.78 is 6.53. The summed E-state index contributed by atoms with van der Waals surface area (Å²) in [5, 5.41) is 15.8. The van der Waals surface area contributed by atoms with Gasteiger partial charge in [-0.2, -0.15) is 0 Å². The maximum absolute atomic E-state index is 13.7. The van der Waals surface area contributed by atoms with Gasteiger partial charge in [0.25, 0.3) is 5.91 Å². The molecule has 1 aliphatic heterocycles. The predicted octanol–water partition coefficient (Wildman–Crippen LogP) is 4.59. The van der Waals surface area contributed by atoms with Crippen molar-refractivity contribution in [2.75, 3.05) is 37.4 Å². The molecule has 0 saturated heterocycles. The number of anilines is 2. The van der Waals surface area contributed by atoms with Crippen LogP contribution in [0.4, 0.5) is 16.2 Å². The highest BCUT2D eigenvalue weighted by atomic mass is 16.5. The number of nitrogens with one attached hydrogen (secondary N) is 2. The zero-order valence-corrected chi connectivity index (χ0v) is 23.1. The summed E-state index contributed by atoms with van der Waals surface area (Å²) in [6, 6.07) is 13.7. The van der Waals surface area contributed by atoms with Crippen LogP contribution in [-0.4, -0.2) is 71.6 Å². The first-order valence-electron chi connectivity index (χ1n) is 13.9. The molecule has 1 aliphatic carbocycles. The molecule has 3 atom stereocenters. The molecule has 0 bridgehead atoms. The number of carbonyl (C=O) groups excluding carboxylic acids is 3. The third-order valence-electron chi connectivity index (χ3n) is 7.75. The molecule has 1 saturated carbocycles. The molecule has 2 aliphatic rings. The fourth-order valence-electron chi connectivity index (χ4n) is 5.25. The number of urea groups is 1. The SMILES string of the molecule is C[C@H]1CN([C@@H](C)CO)C(=O)c2cccc(NC(=O)C3CCCCC3)c2O[C@H]1CN(C)C(=O)Nc1ccccc1. The number of carbonyl (C=O) groups is 3. The normalized spacial score (nSPS) is 20.6. The van der Waals surface area contributed by atoms with Gasteiger partial charge in [-0.3, -0.25) is 9.59 Å². The third-order valence-corrected chi connectivity index (χ3v) is 7.75. The van der Waals surface area contributed by atoms with Crippen molar-refractivity contribution in [1.82, 2.24) is 9.80 Å². The van der Waals surface area contributed by atoms with Crippen LogP contribution >= 0.6 is 0 Å². The largest absolute Gasteiger partial charge is 0.485 e. The van der Waals surface area contributed by atoms with Crippen molar-refractivity contribution < 1.29 is 24.2 Å². The molecule has 9 nitrogen and oxygen atoms in total. The summed E-state index contributed by atoms with van der Waals surface area (Å²) in [5.41, 5.74) is 1.46. The number of ether oxygens (including phenoxy) is 1. The van der Waals surface area contributed by atoms with Gasteiger partial charge in [-0.25, -0.2) is 4.79 Å². The number of hydrogen-bond donors (Lipinski definition) is 3. The molecule has 0 radical (unpaired) electrons. The number of para-hydroxylation sites is 2. The van der Waals surface area contributed by atoms with Crippen molar-refractivity contribution in [3.05, 3.63) is 54.1 Å². The number of hydrogen-bond acceptors (Lipinski definition) is 5. The quantitative estimate of drug-likeness (QED) is 0.479. The molecule has 1 heterocycles. The van der Waals surface area contributed by atoms with Crippen LogP contribution in [0, 0.1) is 11.8 Å². The Morgan fingerprint density at radius 3 is 2.49 bits per heavy atom. The molecule has 0 aromatic heterocycles. The van der Waals surface area contributed by atoms with E-state index >= 15 is 0 Å². The predicted molar refractivity (Wildman–Crippen MR) is 151 cm³/mol. The third kappa shape index (κ3) is 6.89. The second-order valence-electron chi connectivity index (χ2n) is 10.8. The molecule has 2 aromatic carbocycles. The van der Waals surface area contributed by atoms with Gasteiger partial charge in [0.15, 0.2) is 5.75 Å². The van der Waals surface area contributed by atoms with Crippen LogP contribution in [0.25, 0.3) is 0 Å². The fourth-order valence-corrected chi connectivity index (χ4v) is 5.25.